The highest BCUT2D eigenvalue weighted by atomic mass is 35.5. The summed E-state index contributed by atoms with van der Waals surface area (Å²) in [5.74, 6) is 0. The molecule has 4 amide bonds. The van der Waals surface area contributed by atoms with E-state index in [-0.39, 0.29) is 39.5 Å². The standard InChI is InChI=1S/C23H17Cl4F3N4O2/c24-17-6-4-14(11-19(17)26)32-21(35)31-8-9-34(16-3-1-2-13(10-16)23(28,29)30)22(36)33-15-5-7-18(25)20(27)12-15/h1-7,10-12H,8-9H2,(H,33,36)(H2,31,32,35). The number of nitrogens with zero attached hydrogens (tertiary/aromatic N) is 1. The number of alkyl halides is 3. The lowest BCUT2D eigenvalue weighted by Crippen LogP contribution is -2.42. The first kappa shape index (κ1) is 27.7. The van der Waals surface area contributed by atoms with Crippen LogP contribution in [0, 0.1) is 0 Å². The fraction of sp³-hybridized carbons (Fsp3) is 0.130. The van der Waals surface area contributed by atoms with Gasteiger partial charge in [0, 0.05) is 30.2 Å². The van der Waals surface area contributed by atoms with Gasteiger partial charge in [-0.25, -0.2) is 9.59 Å². The molecule has 0 radical (unpaired) electrons. The molecule has 0 saturated carbocycles. The number of hydrogen-bond acceptors (Lipinski definition) is 2. The van der Waals surface area contributed by atoms with Gasteiger partial charge in [-0.3, -0.25) is 4.90 Å². The maximum Gasteiger partial charge on any atom is 0.416 e. The summed E-state index contributed by atoms with van der Waals surface area (Å²) in [4.78, 5) is 26.3. The minimum Gasteiger partial charge on any atom is -0.336 e. The number of carbonyl (C=O) groups excluding carboxylic acids is 2. The monoisotopic (exact) mass is 578 g/mol. The topological polar surface area (TPSA) is 73.5 Å². The van der Waals surface area contributed by atoms with E-state index in [1.807, 2.05) is 0 Å². The van der Waals surface area contributed by atoms with Crippen LogP contribution in [0.25, 0.3) is 0 Å². The molecule has 0 heterocycles. The number of urea groups is 2. The van der Waals surface area contributed by atoms with Gasteiger partial charge in [-0.15, -0.1) is 0 Å². The molecule has 0 fully saturated rings. The Morgan fingerprint density at radius 2 is 1.36 bits per heavy atom. The molecule has 36 heavy (non-hydrogen) atoms. The van der Waals surface area contributed by atoms with E-state index in [0.29, 0.717) is 10.7 Å². The van der Waals surface area contributed by atoms with Gasteiger partial charge in [-0.2, -0.15) is 13.2 Å². The predicted octanol–water partition coefficient (Wildman–Crippen LogP) is 8.18. The average Bonchev–Trinajstić information content (AvgIpc) is 2.81. The largest absolute Gasteiger partial charge is 0.416 e. The number of rotatable bonds is 6. The van der Waals surface area contributed by atoms with Crippen molar-refractivity contribution in [2.24, 2.45) is 0 Å². The highest BCUT2D eigenvalue weighted by molar-refractivity contribution is 6.42. The number of carbonyl (C=O) groups is 2. The SMILES string of the molecule is O=C(NCCN(C(=O)Nc1ccc(Cl)c(Cl)c1)c1cccc(C(F)(F)F)c1)Nc1ccc(Cl)c(Cl)c1. The molecule has 0 unspecified atom stereocenters. The van der Waals surface area contributed by atoms with E-state index in [0.717, 1.165) is 17.0 Å². The van der Waals surface area contributed by atoms with Crippen LogP contribution in [0.15, 0.2) is 60.7 Å². The van der Waals surface area contributed by atoms with E-state index in [2.05, 4.69) is 16.0 Å². The fourth-order valence-corrected chi connectivity index (χ4v) is 3.59. The van der Waals surface area contributed by atoms with Gasteiger partial charge in [0.2, 0.25) is 0 Å². The van der Waals surface area contributed by atoms with Crippen molar-refractivity contribution >= 4 is 75.5 Å². The Hall–Kier alpha value is -2.85. The number of hydrogen-bond donors (Lipinski definition) is 3. The normalized spacial score (nSPS) is 11.1. The smallest absolute Gasteiger partial charge is 0.336 e. The zero-order valence-corrected chi connectivity index (χ0v) is 21.1. The van der Waals surface area contributed by atoms with Crippen LogP contribution in [0.3, 0.4) is 0 Å². The zero-order valence-electron chi connectivity index (χ0n) is 18.1. The Bertz CT molecular complexity index is 1270. The molecule has 0 bridgehead atoms. The fourth-order valence-electron chi connectivity index (χ4n) is 2.99. The van der Waals surface area contributed by atoms with Gasteiger partial charge in [0.05, 0.1) is 25.7 Å². The first-order chi connectivity index (χ1) is 16.9. The molecule has 3 aromatic rings. The van der Waals surface area contributed by atoms with Crippen molar-refractivity contribution in [3.63, 3.8) is 0 Å². The molecule has 190 valence electrons. The molecule has 6 nitrogen and oxygen atoms in total. The quantitative estimate of drug-likeness (QED) is 0.275. The Morgan fingerprint density at radius 3 is 1.92 bits per heavy atom. The second-order valence-corrected chi connectivity index (χ2v) is 8.90. The summed E-state index contributed by atoms with van der Waals surface area (Å²) < 4.78 is 39.8. The third kappa shape index (κ3) is 7.57. The average molecular weight is 580 g/mol. The van der Waals surface area contributed by atoms with E-state index in [1.165, 1.54) is 48.5 Å². The van der Waals surface area contributed by atoms with Gasteiger partial charge in [0.15, 0.2) is 0 Å². The first-order valence-corrected chi connectivity index (χ1v) is 11.7. The lowest BCUT2D eigenvalue weighted by Gasteiger charge is -2.24. The minimum atomic E-state index is -4.61. The van der Waals surface area contributed by atoms with Crippen molar-refractivity contribution in [3.8, 4) is 0 Å². The van der Waals surface area contributed by atoms with Gasteiger partial charge in [-0.05, 0) is 54.6 Å². The third-order valence-corrected chi connectivity index (χ3v) is 6.18. The minimum absolute atomic E-state index is 0.0333. The number of halogens is 7. The molecule has 0 spiro atoms. The van der Waals surface area contributed by atoms with E-state index in [1.54, 1.807) is 0 Å². The van der Waals surface area contributed by atoms with E-state index >= 15 is 0 Å². The molecule has 0 saturated heterocycles. The van der Waals surface area contributed by atoms with Crippen LogP contribution in [0.1, 0.15) is 5.56 Å². The summed E-state index contributed by atoms with van der Waals surface area (Å²) in [5, 5.41) is 8.64. The summed E-state index contributed by atoms with van der Waals surface area (Å²) in [6.45, 7) is -0.262. The van der Waals surface area contributed by atoms with Gasteiger partial charge in [0.25, 0.3) is 0 Å². The van der Waals surface area contributed by atoms with Crippen LogP contribution in [-0.4, -0.2) is 25.2 Å². The van der Waals surface area contributed by atoms with E-state index in [4.69, 9.17) is 46.4 Å². The molecule has 0 aliphatic carbocycles. The Balaban J connectivity index is 1.74. The van der Waals surface area contributed by atoms with E-state index < -0.39 is 23.8 Å². The van der Waals surface area contributed by atoms with Crippen LogP contribution in [0.2, 0.25) is 20.1 Å². The van der Waals surface area contributed by atoms with Crippen molar-refractivity contribution < 1.29 is 22.8 Å². The van der Waals surface area contributed by atoms with Crippen LogP contribution >= 0.6 is 46.4 Å². The highest BCUT2D eigenvalue weighted by Crippen LogP contribution is 2.32. The number of amides is 4. The Kier molecular flexibility index (Phi) is 9.19. The number of anilines is 3. The van der Waals surface area contributed by atoms with Gasteiger partial charge in [-0.1, -0.05) is 52.5 Å². The van der Waals surface area contributed by atoms with Crippen molar-refractivity contribution in [1.82, 2.24) is 5.32 Å². The van der Waals surface area contributed by atoms with Crippen LogP contribution in [0.5, 0.6) is 0 Å². The van der Waals surface area contributed by atoms with Crippen molar-refractivity contribution in [2.75, 3.05) is 28.6 Å². The molecule has 0 aliphatic rings. The molecule has 0 aromatic heterocycles. The van der Waals surface area contributed by atoms with Gasteiger partial charge in [0.1, 0.15) is 0 Å². The molecule has 3 rings (SSSR count). The lowest BCUT2D eigenvalue weighted by molar-refractivity contribution is -0.137. The summed E-state index contributed by atoms with van der Waals surface area (Å²) in [5.41, 5.74) is -0.322. The summed E-state index contributed by atoms with van der Waals surface area (Å²) in [6.07, 6.45) is -4.61. The number of nitrogens with one attached hydrogen (secondary N) is 3. The maximum absolute atomic E-state index is 13.3. The first-order valence-electron chi connectivity index (χ1n) is 10.1. The zero-order chi connectivity index (χ0) is 26.5. The van der Waals surface area contributed by atoms with Crippen LogP contribution in [0.4, 0.5) is 39.8 Å². The highest BCUT2D eigenvalue weighted by Gasteiger charge is 2.31. The molecule has 0 aliphatic heterocycles. The summed E-state index contributed by atoms with van der Waals surface area (Å²) in [6, 6.07) is 11.7. The van der Waals surface area contributed by atoms with E-state index in [9.17, 15) is 22.8 Å². The van der Waals surface area contributed by atoms with Crippen LogP contribution in [-0.2, 0) is 6.18 Å². The van der Waals surface area contributed by atoms with Crippen LogP contribution < -0.4 is 20.9 Å². The molecular weight excluding hydrogens is 563 g/mol. The third-order valence-electron chi connectivity index (χ3n) is 4.70. The Labute approximate surface area is 224 Å². The summed E-state index contributed by atoms with van der Waals surface area (Å²) >= 11 is 23.6. The predicted molar refractivity (Wildman–Crippen MR) is 138 cm³/mol. The van der Waals surface area contributed by atoms with Gasteiger partial charge < -0.3 is 16.0 Å². The van der Waals surface area contributed by atoms with Crippen molar-refractivity contribution in [1.29, 1.82) is 0 Å². The molecule has 3 aromatic carbocycles. The summed E-state index contributed by atoms with van der Waals surface area (Å²) in [7, 11) is 0. The maximum atomic E-state index is 13.3. The molecule has 3 N–H and O–H groups in total. The lowest BCUT2D eigenvalue weighted by atomic mass is 10.2. The van der Waals surface area contributed by atoms with Crippen molar-refractivity contribution in [2.45, 2.75) is 6.18 Å². The molecule has 0 atom stereocenters. The molecule has 13 heteroatoms. The Morgan fingerprint density at radius 1 is 0.778 bits per heavy atom. The second kappa shape index (κ2) is 11.9. The van der Waals surface area contributed by atoms with Gasteiger partial charge >= 0.3 is 18.2 Å². The van der Waals surface area contributed by atoms with Crippen molar-refractivity contribution in [3.05, 3.63) is 86.3 Å². The number of benzene rings is 3. The molecular formula is C23H17Cl4F3N4O2. The second-order valence-electron chi connectivity index (χ2n) is 7.27.